The average molecular weight is 552 g/mol. The van der Waals surface area contributed by atoms with Crippen LogP contribution in [0.2, 0.25) is 5.02 Å². The van der Waals surface area contributed by atoms with Crippen molar-refractivity contribution in [2.24, 2.45) is 5.29 Å². The maximum absolute atomic E-state index is 13.1. The molecule has 0 aliphatic heterocycles. The van der Waals surface area contributed by atoms with Gasteiger partial charge in [0.1, 0.15) is 0 Å². The van der Waals surface area contributed by atoms with Crippen molar-refractivity contribution < 1.29 is 43.6 Å². The zero-order valence-corrected chi connectivity index (χ0v) is 21.6. The molecular weight excluding hydrogens is 526 g/mol. The summed E-state index contributed by atoms with van der Waals surface area (Å²) >= 11 is 6.41. The van der Waals surface area contributed by atoms with E-state index in [9.17, 15) is 29.2 Å². The Hall–Kier alpha value is -4.10. The molecule has 38 heavy (non-hydrogen) atoms. The van der Waals surface area contributed by atoms with Crippen LogP contribution in [0.3, 0.4) is 0 Å². The number of methoxy groups -OCH3 is 1. The van der Waals surface area contributed by atoms with E-state index in [0.717, 1.165) is 0 Å². The first-order valence-corrected chi connectivity index (χ1v) is 11.6. The molecule has 0 aliphatic rings. The third-order valence-corrected chi connectivity index (χ3v) is 5.62. The monoisotopic (exact) mass is 551 g/mol. The molecule has 0 fully saturated rings. The smallest absolute Gasteiger partial charge is 0.340 e. The number of aromatic nitrogens is 1. The van der Waals surface area contributed by atoms with Crippen molar-refractivity contribution in [3.63, 3.8) is 0 Å². The number of hydrogen-bond acceptors (Lipinski definition) is 10. The molecule has 1 unspecified atom stereocenters. The molecule has 0 aliphatic carbocycles. The highest BCUT2D eigenvalue weighted by Crippen LogP contribution is 2.37. The lowest BCUT2D eigenvalue weighted by Crippen LogP contribution is -2.40. The standard InChI is InChI=1S/C24H26ClN3O10/c1-4-38-24(34)21-16(12-37-10-9-28(27-35)17(22(31)32)11-18(29)30)26-13(2)19(23(33)36-3)20(21)14-7-5-6-8-15(14)25/h5-8,17H,4,9-12H2,1-3H3,(H,29,30)(H,31,32). The van der Waals surface area contributed by atoms with Gasteiger partial charge in [0.2, 0.25) is 0 Å². The van der Waals surface area contributed by atoms with Crippen LogP contribution in [0.5, 0.6) is 0 Å². The number of carbonyl (C=O) groups excluding carboxylic acids is 2. The Bertz CT molecular complexity index is 1220. The summed E-state index contributed by atoms with van der Waals surface area (Å²) in [5.74, 6) is -4.53. The SMILES string of the molecule is CCOC(=O)c1c(COCCN(N=O)C(CC(=O)O)C(=O)O)nc(C)c(C(=O)OC)c1-c1ccccc1Cl. The molecular formula is C24H26ClN3O10. The van der Waals surface area contributed by atoms with Gasteiger partial charge in [-0.25, -0.2) is 19.4 Å². The third-order valence-electron chi connectivity index (χ3n) is 5.29. The first-order chi connectivity index (χ1) is 18.1. The lowest BCUT2D eigenvalue weighted by Gasteiger charge is -2.22. The van der Waals surface area contributed by atoms with E-state index in [0.29, 0.717) is 10.6 Å². The van der Waals surface area contributed by atoms with Crippen LogP contribution in [0, 0.1) is 11.8 Å². The number of halogens is 1. The van der Waals surface area contributed by atoms with Crippen molar-refractivity contribution in [1.82, 2.24) is 9.99 Å². The Balaban J connectivity index is 2.49. The number of benzene rings is 1. The molecule has 0 bridgehead atoms. The van der Waals surface area contributed by atoms with Gasteiger partial charge in [0.25, 0.3) is 0 Å². The number of pyridine rings is 1. The summed E-state index contributed by atoms with van der Waals surface area (Å²) in [4.78, 5) is 63.7. The molecule has 0 saturated heterocycles. The summed E-state index contributed by atoms with van der Waals surface area (Å²) in [6.45, 7) is 2.19. The van der Waals surface area contributed by atoms with Gasteiger partial charge in [0.15, 0.2) is 6.04 Å². The minimum absolute atomic E-state index is 0.00158. The van der Waals surface area contributed by atoms with Crippen molar-refractivity contribution in [1.29, 1.82) is 0 Å². The molecule has 204 valence electrons. The van der Waals surface area contributed by atoms with Crippen molar-refractivity contribution in [3.8, 4) is 11.1 Å². The highest BCUT2D eigenvalue weighted by Gasteiger charge is 2.31. The molecule has 2 aromatic rings. The molecule has 0 spiro atoms. The second kappa shape index (κ2) is 14.0. The molecule has 13 nitrogen and oxygen atoms in total. The van der Waals surface area contributed by atoms with Gasteiger partial charge in [0.05, 0.1) is 67.7 Å². The molecule has 0 amide bonds. The fraction of sp³-hybridized carbons (Fsp3) is 0.375. The fourth-order valence-electron chi connectivity index (χ4n) is 3.64. The summed E-state index contributed by atoms with van der Waals surface area (Å²) in [6.07, 6.45) is -0.856. The van der Waals surface area contributed by atoms with E-state index in [1.54, 1.807) is 31.2 Å². The number of hydrogen-bond donors (Lipinski definition) is 2. The van der Waals surface area contributed by atoms with Crippen molar-refractivity contribution in [3.05, 3.63) is 56.7 Å². The third kappa shape index (κ3) is 7.23. The summed E-state index contributed by atoms with van der Waals surface area (Å²) in [7, 11) is 1.18. The van der Waals surface area contributed by atoms with E-state index in [1.807, 2.05) is 0 Å². The van der Waals surface area contributed by atoms with Gasteiger partial charge >= 0.3 is 23.9 Å². The lowest BCUT2D eigenvalue weighted by molar-refractivity contribution is -0.150. The van der Waals surface area contributed by atoms with E-state index >= 15 is 0 Å². The molecule has 14 heteroatoms. The number of esters is 2. The van der Waals surface area contributed by atoms with Crippen LogP contribution in [0.1, 0.15) is 45.4 Å². The van der Waals surface area contributed by atoms with E-state index < -0.39 is 36.3 Å². The Morgan fingerprint density at radius 2 is 1.82 bits per heavy atom. The summed E-state index contributed by atoms with van der Waals surface area (Å²) in [6, 6.07) is 4.83. The second-order valence-electron chi connectivity index (χ2n) is 7.71. The maximum atomic E-state index is 13.1. The Morgan fingerprint density at radius 1 is 1.13 bits per heavy atom. The Morgan fingerprint density at radius 3 is 2.37 bits per heavy atom. The van der Waals surface area contributed by atoms with Gasteiger partial charge in [-0.15, -0.1) is 4.91 Å². The number of carbonyl (C=O) groups is 4. The summed E-state index contributed by atoms with van der Waals surface area (Å²) in [5, 5.41) is 21.5. The Labute approximate surface area is 222 Å². The number of nitroso groups, excluding NO2 is 1. The molecule has 2 rings (SSSR count). The molecule has 0 saturated carbocycles. The molecule has 0 radical (unpaired) electrons. The first kappa shape index (κ1) is 30.1. The molecule has 1 atom stereocenters. The number of aliphatic carboxylic acids is 2. The van der Waals surface area contributed by atoms with E-state index in [2.05, 4.69) is 10.3 Å². The van der Waals surface area contributed by atoms with Gasteiger partial charge in [-0.05, 0) is 19.9 Å². The van der Waals surface area contributed by atoms with E-state index in [1.165, 1.54) is 14.0 Å². The minimum Gasteiger partial charge on any atom is -0.481 e. The number of carboxylic acids is 2. The van der Waals surface area contributed by atoms with Crippen molar-refractivity contribution in [2.45, 2.75) is 32.9 Å². The molecule has 1 aromatic heterocycles. The number of rotatable bonds is 14. The molecule has 1 aromatic carbocycles. The second-order valence-corrected chi connectivity index (χ2v) is 8.12. The van der Waals surface area contributed by atoms with Crippen LogP contribution in [-0.4, -0.2) is 77.0 Å². The topological polar surface area (TPSA) is 182 Å². The average Bonchev–Trinajstić information content (AvgIpc) is 2.87. The van der Waals surface area contributed by atoms with Crippen molar-refractivity contribution >= 4 is 35.5 Å². The predicted octanol–water partition coefficient (Wildman–Crippen LogP) is 3.10. The zero-order valence-electron chi connectivity index (χ0n) is 20.8. The van der Waals surface area contributed by atoms with Crippen LogP contribution in [-0.2, 0) is 30.4 Å². The van der Waals surface area contributed by atoms with Gasteiger partial charge in [0, 0.05) is 16.1 Å². The molecule has 2 N–H and O–H groups in total. The maximum Gasteiger partial charge on any atom is 0.340 e. The minimum atomic E-state index is -1.70. The van der Waals surface area contributed by atoms with Crippen LogP contribution >= 0.6 is 11.6 Å². The number of nitrogens with zero attached hydrogens (tertiary/aromatic N) is 3. The van der Waals surface area contributed by atoms with Gasteiger partial charge in [-0.1, -0.05) is 29.8 Å². The fourth-order valence-corrected chi connectivity index (χ4v) is 3.87. The van der Waals surface area contributed by atoms with Gasteiger partial charge < -0.3 is 24.4 Å². The van der Waals surface area contributed by atoms with Gasteiger partial charge in [-0.3, -0.25) is 9.78 Å². The van der Waals surface area contributed by atoms with Crippen molar-refractivity contribution in [2.75, 3.05) is 26.9 Å². The first-order valence-electron chi connectivity index (χ1n) is 11.2. The number of ether oxygens (including phenoxy) is 3. The number of carboxylic acid groups (broad SMARTS) is 2. The van der Waals surface area contributed by atoms with E-state index in [4.69, 9.17) is 30.9 Å². The highest BCUT2D eigenvalue weighted by molar-refractivity contribution is 6.34. The normalized spacial score (nSPS) is 11.4. The van der Waals surface area contributed by atoms with Gasteiger partial charge in [-0.2, -0.15) is 0 Å². The Kier molecular flexibility index (Phi) is 11.1. The largest absolute Gasteiger partial charge is 0.481 e. The summed E-state index contributed by atoms with van der Waals surface area (Å²) < 4.78 is 15.7. The quantitative estimate of drug-likeness (QED) is 0.152. The molecule has 1 heterocycles. The predicted molar refractivity (Wildman–Crippen MR) is 133 cm³/mol. The highest BCUT2D eigenvalue weighted by atomic mass is 35.5. The van der Waals surface area contributed by atoms with Crippen LogP contribution in [0.25, 0.3) is 11.1 Å². The number of aryl methyl sites for hydroxylation is 1. The zero-order chi connectivity index (χ0) is 28.4. The van der Waals surface area contributed by atoms with Crippen LogP contribution in [0.4, 0.5) is 0 Å². The van der Waals surface area contributed by atoms with E-state index in [-0.39, 0.29) is 59.5 Å². The van der Waals surface area contributed by atoms with Crippen LogP contribution < -0.4 is 0 Å². The summed E-state index contributed by atoms with van der Waals surface area (Å²) in [5.41, 5.74) is 0.679. The van der Waals surface area contributed by atoms with Crippen LogP contribution in [0.15, 0.2) is 29.6 Å². The lowest BCUT2D eigenvalue weighted by atomic mass is 9.92.